The summed E-state index contributed by atoms with van der Waals surface area (Å²) in [4.78, 5) is 24.7. The molecule has 14 heavy (non-hydrogen) atoms. The first-order valence-electron chi connectivity index (χ1n) is 3.66. The SMILES string of the molecule is O=C(O)C(=O)C=Cc1ccc(Br)nc1. The summed E-state index contributed by atoms with van der Waals surface area (Å²) in [6.45, 7) is 0. The molecule has 0 spiro atoms. The summed E-state index contributed by atoms with van der Waals surface area (Å²) >= 11 is 3.15. The van der Waals surface area contributed by atoms with Crippen LogP contribution in [0.3, 0.4) is 0 Å². The average Bonchev–Trinajstić information content (AvgIpc) is 2.16. The normalized spacial score (nSPS) is 10.4. The summed E-state index contributed by atoms with van der Waals surface area (Å²) in [6.07, 6.45) is 3.92. The van der Waals surface area contributed by atoms with Crippen molar-refractivity contribution in [1.82, 2.24) is 4.98 Å². The van der Waals surface area contributed by atoms with Crippen molar-refractivity contribution >= 4 is 33.8 Å². The summed E-state index contributed by atoms with van der Waals surface area (Å²) in [5.41, 5.74) is 0.669. The van der Waals surface area contributed by atoms with Crippen LogP contribution >= 0.6 is 15.9 Å². The van der Waals surface area contributed by atoms with Gasteiger partial charge < -0.3 is 5.11 Å². The second-order valence-corrected chi connectivity index (χ2v) is 3.23. The summed E-state index contributed by atoms with van der Waals surface area (Å²) in [6, 6.07) is 3.41. The quantitative estimate of drug-likeness (QED) is 0.505. The van der Waals surface area contributed by atoms with Gasteiger partial charge in [0.05, 0.1) is 0 Å². The smallest absolute Gasteiger partial charge is 0.376 e. The first kappa shape index (κ1) is 10.6. The van der Waals surface area contributed by atoms with Crippen LogP contribution in [0.25, 0.3) is 6.08 Å². The fourth-order valence-corrected chi connectivity index (χ4v) is 0.964. The molecule has 0 aliphatic rings. The maximum atomic E-state index is 10.7. The number of hydrogen-bond acceptors (Lipinski definition) is 3. The third kappa shape index (κ3) is 3.10. The van der Waals surface area contributed by atoms with Crippen LogP contribution in [0.15, 0.2) is 29.0 Å². The molecule has 0 saturated heterocycles. The minimum absolute atomic E-state index is 0.669. The van der Waals surface area contributed by atoms with Gasteiger partial charge in [0, 0.05) is 6.20 Å². The fourth-order valence-electron chi connectivity index (χ4n) is 0.729. The van der Waals surface area contributed by atoms with E-state index in [-0.39, 0.29) is 0 Å². The number of aromatic nitrogens is 1. The predicted molar refractivity (Wildman–Crippen MR) is 53.6 cm³/mol. The number of pyridine rings is 1. The largest absolute Gasteiger partial charge is 0.475 e. The number of nitrogens with zero attached hydrogens (tertiary/aromatic N) is 1. The molecule has 1 N–H and O–H groups in total. The average molecular weight is 256 g/mol. The monoisotopic (exact) mass is 255 g/mol. The summed E-state index contributed by atoms with van der Waals surface area (Å²) in [5.74, 6) is -2.42. The van der Waals surface area contributed by atoms with Crippen LogP contribution in [-0.2, 0) is 9.59 Å². The number of halogens is 1. The van der Waals surface area contributed by atoms with Crippen LogP contribution in [0.5, 0.6) is 0 Å². The van der Waals surface area contributed by atoms with Crippen molar-refractivity contribution in [3.63, 3.8) is 0 Å². The molecule has 1 aromatic rings. The van der Waals surface area contributed by atoms with E-state index < -0.39 is 11.8 Å². The highest BCUT2D eigenvalue weighted by Crippen LogP contribution is 2.07. The number of hydrogen-bond donors (Lipinski definition) is 1. The lowest BCUT2D eigenvalue weighted by Crippen LogP contribution is -2.08. The van der Waals surface area contributed by atoms with Crippen LogP contribution in [0, 0.1) is 0 Å². The van der Waals surface area contributed by atoms with Crippen LogP contribution in [0.2, 0.25) is 0 Å². The molecular weight excluding hydrogens is 250 g/mol. The molecule has 5 heteroatoms. The summed E-state index contributed by atoms with van der Waals surface area (Å²) in [7, 11) is 0. The summed E-state index contributed by atoms with van der Waals surface area (Å²) < 4.78 is 0.680. The maximum absolute atomic E-state index is 10.7. The number of rotatable bonds is 3. The fraction of sp³-hybridized carbons (Fsp3) is 0. The molecule has 0 saturated carbocycles. The van der Waals surface area contributed by atoms with E-state index in [0.29, 0.717) is 10.2 Å². The Hall–Kier alpha value is -1.49. The Bertz CT molecular complexity index is 384. The number of aliphatic carboxylic acids is 1. The molecular formula is C9H6BrNO3. The zero-order valence-electron chi connectivity index (χ0n) is 6.98. The van der Waals surface area contributed by atoms with Crippen LogP contribution in [-0.4, -0.2) is 21.8 Å². The summed E-state index contributed by atoms with van der Waals surface area (Å²) in [5, 5.41) is 8.28. The molecule has 0 amide bonds. The minimum Gasteiger partial charge on any atom is -0.475 e. The number of carbonyl (C=O) groups excluding carboxylic acids is 1. The number of ketones is 1. The number of carboxylic acids is 1. The van der Waals surface area contributed by atoms with Gasteiger partial charge in [-0.15, -0.1) is 0 Å². The second kappa shape index (κ2) is 4.66. The standard InChI is InChI=1S/C9H6BrNO3/c10-8-4-2-6(5-11-8)1-3-7(12)9(13)14/h1-5H,(H,13,14). The molecule has 0 aliphatic carbocycles. The Morgan fingerprint density at radius 1 is 1.43 bits per heavy atom. The Labute approximate surface area is 88.4 Å². The van der Waals surface area contributed by atoms with Crippen LogP contribution in [0.4, 0.5) is 0 Å². The van der Waals surface area contributed by atoms with Gasteiger partial charge in [0.2, 0.25) is 0 Å². The van der Waals surface area contributed by atoms with Gasteiger partial charge in [-0.25, -0.2) is 9.78 Å². The highest BCUT2D eigenvalue weighted by atomic mass is 79.9. The molecule has 72 valence electrons. The van der Waals surface area contributed by atoms with Crippen molar-refractivity contribution in [3.8, 4) is 0 Å². The van der Waals surface area contributed by atoms with Gasteiger partial charge in [-0.2, -0.15) is 0 Å². The molecule has 0 radical (unpaired) electrons. The van der Waals surface area contributed by atoms with E-state index >= 15 is 0 Å². The lowest BCUT2D eigenvalue weighted by atomic mass is 10.2. The van der Waals surface area contributed by atoms with Crippen molar-refractivity contribution in [2.24, 2.45) is 0 Å². The zero-order valence-corrected chi connectivity index (χ0v) is 8.56. The van der Waals surface area contributed by atoms with Crippen molar-refractivity contribution < 1.29 is 14.7 Å². The van der Waals surface area contributed by atoms with E-state index in [9.17, 15) is 9.59 Å². The second-order valence-electron chi connectivity index (χ2n) is 2.42. The molecule has 1 aromatic heterocycles. The van der Waals surface area contributed by atoms with Crippen molar-refractivity contribution in [2.45, 2.75) is 0 Å². The van der Waals surface area contributed by atoms with E-state index in [1.54, 1.807) is 12.1 Å². The van der Waals surface area contributed by atoms with Crippen molar-refractivity contribution in [3.05, 3.63) is 34.6 Å². The first-order valence-corrected chi connectivity index (χ1v) is 4.46. The molecule has 1 heterocycles. The van der Waals surface area contributed by atoms with Crippen LogP contribution < -0.4 is 0 Å². The van der Waals surface area contributed by atoms with Gasteiger partial charge >= 0.3 is 5.97 Å². The van der Waals surface area contributed by atoms with Gasteiger partial charge in [0.15, 0.2) is 0 Å². The van der Waals surface area contributed by atoms with Crippen molar-refractivity contribution in [1.29, 1.82) is 0 Å². The molecule has 0 unspecified atom stereocenters. The minimum atomic E-state index is -1.47. The Morgan fingerprint density at radius 3 is 2.64 bits per heavy atom. The van der Waals surface area contributed by atoms with Gasteiger partial charge in [0.1, 0.15) is 4.60 Å². The molecule has 0 aliphatic heterocycles. The molecule has 0 atom stereocenters. The van der Waals surface area contributed by atoms with E-state index in [0.717, 1.165) is 6.08 Å². The third-order valence-electron chi connectivity index (χ3n) is 1.39. The van der Waals surface area contributed by atoms with E-state index in [1.807, 2.05) is 0 Å². The molecule has 1 rings (SSSR count). The Kier molecular flexibility index (Phi) is 3.53. The van der Waals surface area contributed by atoms with Gasteiger partial charge in [-0.05, 0) is 39.7 Å². The first-order chi connectivity index (χ1) is 6.59. The maximum Gasteiger partial charge on any atom is 0.376 e. The highest BCUT2D eigenvalue weighted by molar-refractivity contribution is 9.10. The molecule has 0 aromatic carbocycles. The van der Waals surface area contributed by atoms with Gasteiger partial charge in [-0.3, -0.25) is 4.79 Å². The van der Waals surface area contributed by atoms with E-state index in [4.69, 9.17) is 5.11 Å². The van der Waals surface area contributed by atoms with E-state index in [1.165, 1.54) is 12.3 Å². The highest BCUT2D eigenvalue weighted by Gasteiger charge is 2.05. The Balaban J connectivity index is 2.74. The van der Waals surface area contributed by atoms with Gasteiger partial charge in [0.25, 0.3) is 5.78 Å². The lowest BCUT2D eigenvalue weighted by molar-refractivity contribution is -0.146. The number of carboxylic acid groups (broad SMARTS) is 1. The van der Waals surface area contributed by atoms with Crippen molar-refractivity contribution in [2.75, 3.05) is 0 Å². The molecule has 0 bridgehead atoms. The zero-order chi connectivity index (χ0) is 10.6. The molecule has 4 nitrogen and oxygen atoms in total. The predicted octanol–water partition coefficient (Wildman–Crippen LogP) is 1.51. The van der Waals surface area contributed by atoms with Gasteiger partial charge in [-0.1, -0.05) is 6.07 Å². The number of carbonyl (C=O) groups is 2. The topological polar surface area (TPSA) is 67.3 Å². The lowest BCUT2D eigenvalue weighted by Gasteiger charge is -1.91. The van der Waals surface area contributed by atoms with E-state index in [2.05, 4.69) is 20.9 Å². The third-order valence-corrected chi connectivity index (χ3v) is 1.86. The molecule has 0 fully saturated rings. The van der Waals surface area contributed by atoms with Crippen LogP contribution in [0.1, 0.15) is 5.56 Å². The Morgan fingerprint density at radius 2 is 2.14 bits per heavy atom.